The summed E-state index contributed by atoms with van der Waals surface area (Å²) in [5, 5.41) is 0. The Balaban J connectivity index is 1.93. The van der Waals surface area contributed by atoms with Gasteiger partial charge in [0.2, 0.25) is 0 Å². The lowest BCUT2D eigenvalue weighted by Crippen LogP contribution is -2.33. The number of aromatic amines is 1. The van der Waals surface area contributed by atoms with Crippen LogP contribution in [0.15, 0.2) is 18.2 Å². The van der Waals surface area contributed by atoms with Crippen molar-refractivity contribution >= 4 is 23.3 Å². The molecule has 96 valence electrons. The molecule has 2 aromatic rings. The van der Waals surface area contributed by atoms with Gasteiger partial charge in [0, 0.05) is 12.6 Å². The van der Waals surface area contributed by atoms with E-state index < -0.39 is 0 Å². The average Bonchev–Trinajstić information content (AvgIpc) is 2.58. The fourth-order valence-corrected chi connectivity index (χ4v) is 3.09. The van der Waals surface area contributed by atoms with Crippen LogP contribution < -0.4 is 0 Å². The Morgan fingerprint density at radius 2 is 2.22 bits per heavy atom. The molecule has 0 unspecified atom stereocenters. The lowest BCUT2D eigenvalue weighted by atomic mass is 9.89. The van der Waals surface area contributed by atoms with E-state index in [1.165, 1.54) is 11.1 Å². The quantitative estimate of drug-likeness (QED) is 0.854. The number of hydrogen-bond acceptors (Lipinski definition) is 2. The minimum absolute atomic E-state index is 0.414. The first kappa shape index (κ1) is 11.9. The number of nitrogens with one attached hydrogen (secondary N) is 1. The lowest BCUT2D eigenvalue weighted by Gasteiger charge is -2.36. The van der Waals surface area contributed by atoms with Gasteiger partial charge in [-0.25, -0.2) is 0 Å². The Labute approximate surface area is 112 Å². The monoisotopic (exact) mass is 262 g/mol. The number of aryl methyl sites for hydroxylation is 1. The maximum Gasteiger partial charge on any atom is 0.178 e. The first-order chi connectivity index (χ1) is 8.69. The molecule has 18 heavy (non-hydrogen) atoms. The molecule has 1 aromatic carbocycles. The lowest BCUT2D eigenvalue weighted by molar-refractivity contribution is -0.0190. The van der Waals surface area contributed by atoms with Crippen LogP contribution in [0.5, 0.6) is 0 Å². The molecule has 0 atom stereocenters. The van der Waals surface area contributed by atoms with Gasteiger partial charge in [0.25, 0.3) is 0 Å². The van der Waals surface area contributed by atoms with Gasteiger partial charge in [0.05, 0.1) is 17.1 Å². The van der Waals surface area contributed by atoms with Crippen LogP contribution in [0.4, 0.5) is 0 Å². The largest absolute Gasteiger partial charge is 0.378 e. The predicted octanol–water partition coefficient (Wildman–Crippen LogP) is 3.75. The number of ether oxygens (including phenoxy) is 1. The Kier molecular flexibility index (Phi) is 2.99. The van der Waals surface area contributed by atoms with E-state index in [2.05, 4.69) is 34.7 Å². The van der Waals surface area contributed by atoms with Crippen molar-refractivity contribution in [1.29, 1.82) is 0 Å². The molecule has 0 amide bonds. The molecule has 1 fully saturated rings. The minimum atomic E-state index is 0.414. The molecule has 1 N–H and O–H groups in total. The van der Waals surface area contributed by atoms with Gasteiger partial charge in [0.15, 0.2) is 4.77 Å². The van der Waals surface area contributed by atoms with Crippen molar-refractivity contribution in [2.45, 2.75) is 38.8 Å². The van der Waals surface area contributed by atoms with Gasteiger partial charge >= 0.3 is 0 Å². The highest BCUT2D eigenvalue weighted by atomic mass is 32.1. The van der Waals surface area contributed by atoms with E-state index in [0.717, 1.165) is 29.7 Å². The third-order valence-corrected chi connectivity index (χ3v) is 4.01. The van der Waals surface area contributed by atoms with Gasteiger partial charge in [-0.1, -0.05) is 6.07 Å². The van der Waals surface area contributed by atoms with Crippen molar-refractivity contribution in [2.24, 2.45) is 0 Å². The van der Waals surface area contributed by atoms with Gasteiger partial charge in [0.1, 0.15) is 0 Å². The zero-order valence-electron chi connectivity index (χ0n) is 10.8. The molecule has 3 nitrogen and oxygen atoms in total. The number of hydrogen-bond donors (Lipinski definition) is 1. The smallest absolute Gasteiger partial charge is 0.178 e. The fourth-order valence-electron chi connectivity index (χ4n) is 2.73. The third kappa shape index (κ3) is 1.89. The van der Waals surface area contributed by atoms with Crippen LogP contribution in [0.3, 0.4) is 0 Å². The summed E-state index contributed by atoms with van der Waals surface area (Å²) in [6.45, 7) is 4.95. The molecule has 0 radical (unpaired) electrons. The normalized spacial score (nSPS) is 23.2. The first-order valence-corrected chi connectivity index (χ1v) is 6.92. The number of rotatable bonds is 3. The van der Waals surface area contributed by atoms with E-state index in [1.54, 1.807) is 0 Å². The third-order valence-electron chi connectivity index (χ3n) is 3.71. The SMILES string of the molecule is CCOC1CC(n2c(=S)[nH]c3cc(C)ccc32)C1. The molecule has 3 rings (SSSR count). The van der Waals surface area contributed by atoms with Crippen LogP contribution >= 0.6 is 12.2 Å². The molecule has 1 saturated carbocycles. The van der Waals surface area contributed by atoms with Crippen molar-refractivity contribution in [2.75, 3.05) is 6.61 Å². The number of nitrogens with zero attached hydrogens (tertiary/aromatic N) is 1. The van der Waals surface area contributed by atoms with Crippen molar-refractivity contribution in [3.63, 3.8) is 0 Å². The fraction of sp³-hybridized carbons (Fsp3) is 0.500. The van der Waals surface area contributed by atoms with E-state index in [9.17, 15) is 0 Å². The maximum absolute atomic E-state index is 5.62. The Morgan fingerprint density at radius 1 is 1.44 bits per heavy atom. The molecule has 1 heterocycles. The summed E-state index contributed by atoms with van der Waals surface area (Å²) in [6, 6.07) is 6.94. The average molecular weight is 262 g/mol. The van der Waals surface area contributed by atoms with E-state index in [-0.39, 0.29) is 0 Å². The molecule has 1 aliphatic rings. The highest BCUT2D eigenvalue weighted by Gasteiger charge is 2.32. The van der Waals surface area contributed by atoms with E-state index in [0.29, 0.717) is 12.1 Å². The van der Waals surface area contributed by atoms with Crippen LogP contribution in [-0.2, 0) is 4.74 Å². The summed E-state index contributed by atoms with van der Waals surface area (Å²) in [5.74, 6) is 0. The van der Waals surface area contributed by atoms with Crippen molar-refractivity contribution in [3.05, 3.63) is 28.5 Å². The molecule has 0 saturated heterocycles. The van der Waals surface area contributed by atoms with Crippen LogP contribution in [0, 0.1) is 11.7 Å². The second-order valence-corrected chi connectivity index (χ2v) is 5.41. The Bertz CT molecular complexity index is 622. The van der Waals surface area contributed by atoms with E-state index >= 15 is 0 Å². The highest BCUT2D eigenvalue weighted by molar-refractivity contribution is 7.71. The zero-order valence-corrected chi connectivity index (χ0v) is 11.6. The predicted molar refractivity (Wildman–Crippen MR) is 75.5 cm³/mol. The second kappa shape index (κ2) is 4.52. The van der Waals surface area contributed by atoms with Gasteiger partial charge < -0.3 is 14.3 Å². The number of aromatic nitrogens is 2. The van der Waals surface area contributed by atoms with Gasteiger partial charge in [-0.05, 0) is 56.6 Å². The molecular weight excluding hydrogens is 244 g/mol. The van der Waals surface area contributed by atoms with Crippen molar-refractivity contribution in [3.8, 4) is 0 Å². The molecule has 0 aliphatic heterocycles. The standard InChI is InChI=1S/C14H18N2OS/c1-3-17-11-7-10(8-11)16-13-5-4-9(2)6-12(13)15-14(16)18/h4-6,10-11H,3,7-8H2,1-2H3,(H,15,18). The van der Waals surface area contributed by atoms with Crippen molar-refractivity contribution in [1.82, 2.24) is 9.55 Å². The number of imidazole rings is 1. The molecule has 1 aromatic heterocycles. The first-order valence-electron chi connectivity index (χ1n) is 6.51. The molecular formula is C14H18N2OS. The topological polar surface area (TPSA) is 29.9 Å². The summed E-state index contributed by atoms with van der Waals surface area (Å²) in [4.78, 5) is 3.30. The van der Waals surface area contributed by atoms with E-state index in [4.69, 9.17) is 17.0 Å². The second-order valence-electron chi connectivity index (χ2n) is 5.02. The van der Waals surface area contributed by atoms with E-state index in [1.807, 2.05) is 6.92 Å². The summed E-state index contributed by atoms with van der Waals surface area (Å²) < 4.78 is 8.70. The van der Waals surface area contributed by atoms with Crippen molar-refractivity contribution < 1.29 is 4.74 Å². The number of fused-ring (bicyclic) bond motifs is 1. The van der Waals surface area contributed by atoms with Gasteiger partial charge in [-0.15, -0.1) is 0 Å². The van der Waals surface area contributed by atoms with Gasteiger partial charge in [-0.3, -0.25) is 0 Å². The highest BCUT2D eigenvalue weighted by Crippen LogP contribution is 2.36. The van der Waals surface area contributed by atoms with Crippen LogP contribution in [0.2, 0.25) is 0 Å². The minimum Gasteiger partial charge on any atom is -0.378 e. The summed E-state index contributed by atoms with van der Waals surface area (Å²) in [6.07, 6.45) is 2.56. The maximum atomic E-state index is 5.62. The Morgan fingerprint density at radius 3 is 2.94 bits per heavy atom. The molecule has 4 heteroatoms. The Hall–Kier alpha value is -1.13. The summed E-state index contributed by atoms with van der Waals surface area (Å²) in [5.41, 5.74) is 3.61. The number of H-pyrrole nitrogens is 1. The van der Waals surface area contributed by atoms with Crippen LogP contribution in [0.25, 0.3) is 11.0 Å². The van der Waals surface area contributed by atoms with Crippen LogP contribution in [0.1, 0.15) is 31.4 Å². The molecule has 0 bridgehead atoms. The molecule has 1 aliphatic carbocycles. The van der Waals surface area contributed by atoms with Crippen LogP contribution in [-0.4, -0.2) is 22.3 Å². The summed E-state index contributed by atoms with van der Waals surface area (Å²) in [7, 11) is 0. The number of benzene rings is 1. The van der Waals surface area contributed by atoms with Gasteiger partial charge in [-0.2, -0.15) is 0 Å². The molecule has 0 spiro atoms. The zero-order chi connectivity index (χ0) is 12.7. The summed E-state index contributed by atoms with van der Waals surface area (Å²) >= 11 is 5.44.